The average molecular weight is 307 g/mol. The Kier molecular flexibility index (Phi) is 3.66. The van der Waals surface area contributed by atoms with E-state index in [1.807, 2.05) is 25.1 Å². The van der Waals surface area contributed by atoms with Crippen molar-refractivity contribution in [3.05, 3.63) is 34.9 Å². The number of halogens is 1. The number of hydrogen-bond acceptors (Lipinski definition) is 2. The molecule has 112 valence electrons. The molecule has 1 aliphatic carbocycles. The number of carbonyl (C=O) groups excluding carboxylic acids is 2. The maximum atomic E-state index is 12.9. The molecule has 0 bridgehead atoms. The molecule has 1 unspecified atom stereocenters. The average Bonchev–Trinajstić information content (AvgIpc) is 2.91. The number of rotatable bonds is 2. The van der Waals surface area contributed by atoms with Gasteiger partial charge in [-0.1, -0.05) is 36.6 Å². The van der Waals surface area contributed by atoms with E-state index in [-0.39, 0.29) is 24.4 Å². The highest BCUT2D eigenvalue weighted by Crippen LogP contribution is 2.36. The molecular weight excluding hydrogens is 288 g/mol. The Hall–Kier alpha value is -1.55. The van der Waals surface area contributed by atoms with E-state index in [9.17, 15) is 9.59 Å². The minimum atomic E-state index is -0.665. The number of hydrogen-bond donors (Lipinski definition) is 1. The maximum Gasteiger partial charge on any atom is 0.249 e. The van der Waals surface area contributed by atoms with Gasteiger partial charge in [-0.05, 0) is 37.5 Å². The monoisotopic (exact) mass is 306 g/mol. The van der Waals surface area contributed by atoms with E-state index in [2.05, 4.69) is 5.32 Å². The summed E-state index contributed by atoms with van der Waals surface area (Å²) in [5.41, 5.74) is 0.293. The molecule has 4 nitrogen and oxygen atoms in total. The summed E-state index contributed by atoms with van der Waals surface area (Å²) in [5, 5.41) is 3.58. The third-order valence-corrected chi connectivity index (χ3v) is 4.85. The first-order valence-corrected chi connectivity index (χ1v) is 7.77. The fourth-order valence-corrected chi connectivity index (χ4v) is 3.64. The quantitative estimate of drug-likeness (QED) is 0.913. The van der Waals surface area contributed by atoms with Crippen molar-refractivity contribution in [3.63, 3.8) is 0 Å². The smallest absolute Gasteiger partial charge is 0.249 e. The second kappa shape index (κ2) is 5.34. The lowest BCUT2D eigenvalue weighted by atomic mass is 9.91. The summed E-state index contributed by atoms with van der Waals surface area (Å²) in [4.78, 5) is 26.6. The normalized spacial score (nSPS) is 22.5. The molecule has 3 rings (SSSR count). The van der Waals surface area contributed by atoms with Crippen LogP contribution in [0.1, 0.15) is 44.2 Å². The number of carbonyl (C=O) groups is 2. The van der Waals surface area contributed by atoms with Crippen LogP contribution in [0.5, 0.6) is 0 Å². The van der Waals surface area contributed by atoms with E-state index in [0.29, 0.717) is 5.02 Å². The zero-order valence-electron chi connectivity index (χ0n) is 12.1. The van der Waals surface area contributed by atoms with Crippen molar-refractivity contribution in [3.8, 4) is 0 Å². The van der Waals surface area contributed by atoms with E-state index in [1.54, 1.807) is 11.0 Å². The Morgan fingerprint density at radius 3 is 2.67 bits per heavy atom. The first-order chi connectivity index (χ1) is 10.0. The maximum absolute atomic E-state index is 12.9. The molecule has 1 aromatic rings. The van der Waals surface area contributed by atoms with Gasteiger partial charge >= 0.3 is 0 Å². The van der Waals surface area contributed by atoms with Gasteiger partial charge in [0.15, 0.2) is 0 Å². The van der Waals surface area contributed by atoms with Crippen molar-refractivity contribution in [2.45, 2.75) is 44.2 Å². The Bertz CT molecular complexity index is 581. The molecule has 1 N–H and O–H groups in total. The first-order valence-electron chi connectivity index (χ1n) is 7.39. The van der Waals surface area contributed by atoms with Crippen LogP contribution in [0.15, 0.2) is 24.3 Å². The second-order valence-electron chi connectivity index (χ2n) is 6.00. The molecule has 1 saturated carbocycles. The molecule has 0 radical (unpaired) electrons. The van der Waals surface area contributed by atoms with Crippen LogP contribution in [-0.4, -0.2) is 28.8 Å². The fourth-order valence-electron chi connectivity index (χ4n) is 3.44. The minimum absolute atomic E-state index is 0.0482. The van der Waals surface area contributed by atoms with Crippen LogP contribution in [-0.2, 0) is 9.59 Å². The van der Waals surface area contributed by atoms with Gasteiger partial charge in [-0.3, -0.25) is 9.59 Å². The summed E-state index contributed by atoms with van der Waals surface area (Å²) in [5.74, 6) is -0.0162. The molecule has 0 aromatic heterocycles. The number of nitrogens with zero attached hydrogens (tertiary/aromatic N) is 1. The van der Waals surface area contributed by atoms with Crippen molar-refractivity contribution in [1.29, 1.82) is 0 Å². The Morgan fingerprint density at radius 2 is 2.00 bits per heavy atom. The highest BCUT2D eigenvalue weighted by Gasteiger charge is 2.49. The molecule has 1 spiro atoms. The summed E-state index contributed by atoms with van der Waals surface area (Å²) in [6.45, 7) is 2.07. The lowest BCUT2D eigenvalue weighted by Gasteiger charge is -2.42. The molecule has 2 amide bonds. The van der Waals surface area contributed by atoms with Gasteiger partial charge in [0.05, 0.1) is 6.04 Å². The van der Waals surface area contributed by atoms with Gasteiger partial charge in [-0.2, -0.15) is 0 Å². The van der Waals surface area contributed by atoms with Crippen molar-refractivity contribution in [2.75, 3.05) is 6.54 Å². The third-order valence-electron chi connectivity index (χ3n) is 4.62. The van der Waals surface area contributed by atoms with Crippen molar-refractivity contribution in [2.24, 2.45) is 0 Å². The van der Waals surface area contributed by atoms with Gasteiger partial charge < -0.3 is 10.2 Å². The SMILES string of the molecule is CC(c1cccc(Cl)c1)N1CC(=O)NC2(CCCC2)C1=O. The van der Waals surface area contributed by atoms with E-state index < -0.39 is 5.54 Å². The van der Waals surface area contributed by atoms with E-state index in [0.717, 1.165) is 31.2 Å². The van der Waals surface area contributed by atoms with Crippen molar-refractivity contribution >= 4 is 23.4 Å². The largest absolute Gasteiger partial charge is 0.340 e. The van der Waals surface area contributed by atoms with Gasteiger partial charge in [-0.25, -0.2) is 0 Å². The molecule has 1 aromatic carbocycles. The summed E-state index contributed by atoms with van der Waals surface area (Å²) in [6.07, 6.45) is 3.48. The first kappa shape index (κ1) is 14.4. The molecule has 1 heterocycles. The van der Waals surface area contributed by atoms with E-state index >= 15 is 0 Å². The highest BCUT2D eigenvalue weighted by atomic mass is 35.5. The van der Waals surface area contributed by atoms with Gasteiger partial charge in [0.25, 0.3) is 0 Å². The summed E-state index contributed by atoms with van der Waals surface area (Å²) in [6, 6.07) is 7.32. The summed E-state index contributed by atoms with van der Waals surface area (Å²) < 4.78 is 0. The molecule has 1 atom stereocenters. The Balaban J connectivity index is 1.89. The highest BCUT2D eigenvalue weighted by molar-refractivity contribution is 6.30. The second-order valence-corrected chi connectivity index (χ2v) is 6.44. The van der Waals surface area contributed by atoms with Crippen LogP contribution in [0.4, 0.5) is 0 Å². The van der Waals surface area contributed by atoms with Crippen LogP contribution in [0.2, 0.25) is 5.02 Å². The standard InChI is InChI=1S/C16H19ClN2O2/c1-11(12-5-4-6-13(17)9-12)19-10-14(20)18-16(15(19)21)7-2-3-8-16/h4-6,9,11H,2-3,7-8,10H2,1H3,(H,18,20). The number of piperazine rings is 1. The predicted molar refractivity (Wildman–Crippen MR) is 80.9 cm³/mol. The lowest BCUT2D eigenvalue weighted by molar-refractivity contribution is -0.152. The molecule has 2 fully saturated rings. The van der Waals surface area contributed by atoms with Crippen LogP contribution in [0.3, 0.4) is 0 Å². The van der Waals surface area contributed by atoms with Crippen LogP contribution >= 0.6 is 11.6 Å². The zero-order chi connectivity index (χ0) is 15.0. The molecular formula is C16H19ClN2O2. The van der Waals surface area contributed by atoms with Crippen LogP contribution < -0.4 is 5.32 Å². The van der Waals surface area contributed by atoms with Crippen molar-refractivity contribution in [1.82, 2.24) is 10.2 Å². The number of benzene rings is 1. The molecule has 5 heteroatoms. The minimum Gasteiger partial charge on any atom is -0.340 e. The predicted octanol–water partition coefficient (Wildman–Crippen LogP) is 2.67. The van der Waals surface area contributed by atoms with E-state index in [4.69, 9.17) is 11.6 Å². The molecule has 21 heavy (non-hydrogen) atoms. The zero-order valence-corrected chi connectivity index (χ0v) is 12.8. The fraction of sp³-hybridized carbons (Fsp3) is 0.500. The molecule has 1 saturated heterocycles. The van der Waals surface area contributed by atoms with Gasteiger partial charge in [0.1, 0.15) is 12.1 Å². The van der Waals surface area contributed by atoms with Gasteiger partial charge in [0.2, 0.25) is 11.8 Å². The van der Waals surface area contributed by atoms with Gasteiger partial charge in [0, 0.05) is 5.02 Å². The molecule has 2 aliphatic rings. The topological polar surface area (TPSA) is 49.4 Å². The van der Waals surface area contributed by atoms with Gasteiger partial charge in [-0.15, -0.1) is 0 Å². The number of nitrogens with one attached hydrogen (secondary N) is 1. The molecule has 1 aliphatic heterocycles. The third kappa shape index (κ3) is 2.53. The lowest BCUT2D eigenvalue weighted by Crippen LogP contribution is -2.65. The van der Waals surface area contributed by atoms with Crippen LogP contribution in [0.25, 0.3) is 0 Å². The van der Waals surface area contributed by atoms with E-state index in [1.165, 1.54) is 0 Å². The van der Waals surface area contributed by atoms with Crippen molar-refractivity contribution < 1.29 is 9.59 Å². The van der Waals surface area contributed by atoms with Crippen LogP contribution in [0, 0.1) is 0 Å². The Morgan fingerprint density at radius 1 is 1.29 bits per heavy atom. The summed E-state index contributed by atoms with van der Waals surface area (Å²) in [7, 11) is 0. The summed E-state index contributed by atoms with van der Waals surface area (Å²) >= 11 is 6.03. The number of amides is 2. The Labute approximate surface area is 129 Å².